The number of carboxylic acid groups (broad SMARTS) is 1. The van der Waals surface area contributed by atoms with Crippen molar-refractivity contribution in [1.29, 1.82) is 0 Å². The third-order valence-corrected chi connectivity index (χ3v) is 5.90. The largest absolute Gasteiger partial charge is 0.481 e. The number of aliphatic carboxylic acids is 1. The number of hydrogen-bond acceptors (Lipinski definition) is 4. The van der Waals surface area contributed by atoms with E-state index in [1.165, 1.54) is 0 Å². The lowest BCUT2D eigenvalue weighted by Crippen LogP contribution is -2.49. The zero-order valence-corrected chi connectivity index (χ0v) is 10.9. The van der Waals surface area contributed by atoms with E-state index in [1.54, 1.807) is 0 Å². The first-order valence-corrected chi connectivity index (χ1v) is 7.81. The minimum atomic E-state index is -2.89. The number of carbonyl (C=O) groups is 1. The van der Waals surface area contributed by atoms with E-state index in [-0.39, 0.29) is 17.5 Å². The smallest absolute Gasteiger partial charge is 0.310 e. The highest BCUT2D eigenvalue weighted by Gasteiger charge is 2.46. The highest BCUT2D eigenvalue weighted by molar-refractivity contribution is 7.91. The minimum Gasteiger partial charge on any atom is -0.481 e. The van der Waals surface area contributed by atoms with Gasteiger partial charge in [0, 0.05) is 12.6 Å². The second kappa shape index (κ2) is 4.24. The molecule has 1 saturated carbocycles. The number of nitrogens with zero attached hydrogens (tertiary/aromatic N) is 1. The van der Waals surface area contributed by atoms with Crippen LogP contribution in [0.2, 0.25) is 0 Å². The van der Waals surface area contributed by atoms with Crippen LogP contribution in [0.1, 0.15) is 25.7 Å². The van der Waals surface area contributed by atoms with E-state index >= 15 is 0 Å². The summed E-state index contributed by atoms with van der Waals surface area (Å²) in [5, 5.41) is 9.23. The average molecular weight is 261 g/mol. The molecule has 1 unspecified atom stereocenters. The lowest BCUT2D eigenvalue weighted by atomic mass is 9.68. The lowest BCUT2D eigenvalue weighted by Gasteiger charge is -2.41. The van der Waals surface area contributed by atoms with Crippen LogP contribution < -0.4 is 0 Å². The van der Waals surface area contributed by atoms with Gasteiger partial charge < -0.3 is 10.0 Å². The molecular weight excluding hydrogens is 242 g/mol. The van der Waals surface area contributed by atoms with Crippen molar-refractivity contribution in [3.63, 3.8) is 0 Å². The molecule has 0 amide bonds. The van der Waals surface area contributed by atoms with Gasteiger partial charge >= 0.3 is 5.97 Å². The van der Waals surface area contributed by atoms with Gasteiger partial charge in [0.05, 0.1) is 16.9 Å². The molecule has 0 radical (unpaired) electrons. The summed E-state index contributed by atoms with van der Waals surface area (Å²) in [6.45, 7) is 0.475. The van der Waals surface area contributed by atoms with Gasteiger partial charge in [-0.1, -0.05) is 6.42 Å². The van der Waals surface area contributed by atoms with Crippen LogP contribution in [0.4, 0.5) is 0 Å². The summed E-state index contributed by atoms with van der Waals surface area (Å²) in [4.78, 5) is 13.2. The second-order valence-electron chi connectivity index (χ2n) is 5.41. The molecule has 6 heteroatoms. The molecule has 5 nitrogen and oxygen atoms in total. The third kappa shape index (κ3) is 2.47. The Morgan fingerprint density at radius 1 is 1.47 bits per heavy atom. The molecule has 1 heterocycles. The molecule has 98 valence electrons. The van der Waals surface area contributed by atoms with E-state index in [1.807, 2.05) is 11.9 Å². The van der Waals surface area contributed by atoms with Gasteiger partial charge in [0.2, 0.25) is 0 Å². The van der Waals surface area contributed by atoms with Crippen molar-refractivity contribution in [2.45, 2.75) is 31.7 Å². The maximum Gasteiger partial charge on any atom is 0.310 e. The number of carboxylic acids is 1. The molecule has 0 aromatic rings. The van der Waals surface area contributed by atoms with E-state index in [2.05, 4.69) is 0 Å². The minimum absolute atomic E-state index is 0.00294. The number of rotatable bonds is 4. The lowest BCUT2D eigenvalue weighted by molar-refractivity contribution is -0.156. The fourth-order valence-electron chi connectivity index (χ4n) is 2.77. The van der Waals surface area contributed by atoms with Crippen LogP contribution in [0.3, 0.4) is 0 Å². The Labute approximate surface area is 102 Å². The summed E-state index contributed by atoms with van der Waals surface area (Å²) in [6.07, 6.45) is 3.02. The topological polar surface area (TPSA) is 74.7 Å². The molecule has 2 aliphatic rings. The molecule has 0 spiro atoms. The van der Waals surface area contributed by atoms with Gasteiger partial charge in [-0.15, -0.1) is 0 Å². The highest BCUT2D eigenvalue weighted by atomic mass is 32.2. The molecular formula is C11H19NO4S. The van der Waals surface area contributed by atoms with Crippen molar-refractivity contribution in [2.75, 3.05) is 25.1 Å². The van der Waals surface area contributed by atoms with Crippen molar-refractivity contribution in [1.82, 2.24) is 4.90 Å². The molecule has 1 aliphatic heterocycles. The summed E-state index contributed by atoms with van der Waals surface area (Å²) >= 11 is 0. The van der Waals surface area contributed by atoms with Crippen LogP contribution in [-0.4, -0.2) is 55.5 Å². The Kier molecular flexibility index (Phi) is 3.20. The Morgan fingerprint density at radius 3 is 2.47 bits per heavy atom. The quantitative estimate of drug-likeness (QED) is 0.791. The summed E-state index contributed by atoms with van der Waals surface area (Å²) in [7, 11) is -1.05. The van der Waals surface area contributed by atoms with Gasteiger partial charge in [-0.3, -0.25) is 4.79 Å². The zero-order valence-electron chi connectivity index (χ0n) is 10.1. The molecule has 2 fully saturated rings. The molecule has 0 bridgehead atoms. The third-order valence-electron chi connectivity index (χ3n) is 4.15. The molecule has 1 aliphatic carbocycles. The highest BCUT2D eigenvalue weighted by Crippen LogP contribution is 2.42. The molecule has 0 aromatic carbocycles. The summed E-state index contributed by atoms with van der Waals surface area (Å²) in [5.74, 6) is -0.321. The first-order valence-electron chi connectivity index (χ1n) is 5.99. The monoisotopic (exact) mass is 261 g/mol. The number of hydrogen-bond donors (Lipinski definition) is 1. The summed E-state index contributed by atoms with van der Waals surface area (Å²) in [5.41, 5.74) is -0.624. The van der Waals surface area contributed by atoms with Crippen LogP contribution in [-0.2, 0) is 14.6 Å². The molecule has 17 heavy (non-hydrogen) atoms. The van der Waals surface area contributed by atoms with Crippen LogP contribution in [0, 0.1) is 5.41 Å². The van der Waals surface area contributed by atoms with Gasteiger partial charge in [-0.2, -0.15) is 0 Å². The van der Waals surface area contributed by atoms with Gasteiger partial charge in [-0.25, -0.2) is 8.42 Å². The van der Waals surface area contributed by atoms with Crippen LogP contribution in [0.15, 0.2) is 0 Å². The van der Waals surface area contributed by atoms with Crippen molar-refractivity contribution in [3.05, 3.63) is 0 Å². The maximum absolute atomic E-state index is 11.4. The zero-order chi connectivity index (χ0) is 12.7. The van der Waals surface area contributed by atoms with Crippen LogP contribution in [0.25, 0.3) is 0 Å². The van der Waals surface area contributed by atoms with Crippen LogP contribution >= 0.6 is 0 Å². The standard InChI is InChI=1S/C11H19NO4S/c1-12(9-3-6-17(15,16)7-9)8-11(10(13)14)4-2-5-11/h9H,2-8H2,1H3,(H,13,14). The Balaban J connectivity index is 1.98. The van der Waals surface area contributed by atoms with Gasteiger partial charge in [-0.05, 0) is 26.3 Å². The van der Waals surface area contributed by atoms with Gasteiger partial charge in [0.25, 0.3) is 0 Å². The first-order chi connectivity index (χ1) is 7.85. The maximum atomic E-state index is 11.4. The molecule has 1 saturated heterocycles. The van der Waals surface area contributed by atoms with Crippen molar-refractivity contribution in [3.8, 4) is 0 Å². The predicted molar refractivity (Wildman–Crippen MR) is 63.6 cm³/mol. The first kappa shape index (κ1) is 12.8. The van der Waals surface area contributed by atoms with Crippen molar-refractivity contribution >= 4 is 15.8 Å². The van der Waals surface area contributed by atoms with E-state index in [4.69, 9.17) is 0 Å². The van der Waals surface area contributed by atoms with E-state index in [0.717, 1.165) is 6.42 Å². The van der Waals surface area contributed by atoms with E-state index in [9.17, 15) is 18.3 Å². The molecule has 1 atom stereocenters. The van der Waals surface area contributed by atoms with Crippen LogP contribution in [0.5, 0.6) is 0 Å². The van der Waals surface area contributed by atoms with Gasteiger partial charge in [0.15, 0.2) is 9.84 Å². The predicted octanol–water partition coefficient (Wildman–Crippen LogP) is 0.360. The fourth-order valence-corrected chi connectivity index (χ4v) is 4.58. The molecule has 0 aromatic heterocycles. The van der Waals surface area contributed by atoms with E-state index in [0.29, 0.717) is 25.8 Å². The SMILES string of the molecule is CN(CC1(C(=O)O)CCC1)C1CCS(=O)(=O)C1. The normalized spacial score (nSPS) is 30.1. The molecule has 2 rings (SSSR count). The Hall–Kier alpha value is -0.620. The Morgan fingerprint density at radius 2 is 2.12 bits per heavy atom. The fraction of sp³-hybridized carbons (Fsp3) is 0.909. The average Bonchev–Trinajstić information content (AvgIpc) is 2.51. The number of sulfone groups is 1. The summed E-state index contributed by atoms with van der Waals surface area (Å²) in [6, 6.07) is -0.00294. The van der Waals surface area contributed by atoms with Gasteiger partial charge in [0.1, 0.15) is 0 Å². The van der Waals surface area contributed by atoms with Crippen molar-refractivity contribution in [2.24, 2.45) is 5.41 Å². The van der Waals surface area contributed by atoms with Crippen molar-refractivity contribution < 1.29 is 18.3 Å². The second-order valence-corrected chi connectivity index (χ2v) is 7.64. The van der Waals surface area contributed by atoms with E-state index < -0.39 is 21.2 Å². The summed E-state index contributed by atoms with van der Waals surface area (Å²) < 4.78 is 22.8. The Bertz CT molecular complexity index is 413. The molecule has 1 N–H and O–H groups in total.